The molecular weight excluding hydrogens is 333 g/mol. The number of alkyl halides is 3. The third-order valence-electron chi connectivity index (χ3n) is 2.81. The molecule has 0 saturated heterocycles. The molecule has 23 heavy (non-hydrogen) atoms. The van der Waals surface area contributed by atoms with Gasteiger partial charge in [-0.15, -0.1) is 13.2 Å². The molecule has 0 aliphatic heterocycles. The topological polar surface area (TPSA) is 81.4 Å². The number of hydrogen-bond acceptors (Lipinski definition) is 4. The minimum absolute atomic E-state index is 0.0451. The summed E-state index contributed by atoms with van der Waals surface area (Å²) in [6, 6.07) is 10.5. The zero-order chi connectivity index (χ0) is 17.1. The highest BCUT2D eigenvalue weighted by atomic mass is 32.2. The average molecular weight is 346 g/mol. The third kappa shape index (κ3) is 5.15. The first-order valence-corrected chi connectivity index (χ1v) is 7.84. The molecule has 0 bridgehead atoms. The van der Waals surface area contributed by atoms with Crippen molar-refractivity contribution in [3.05, 3.63) is 54.1 Å². The maximum atomic E-state index is 12.0. The van der Waals surface area contributed by atoms with Crippen LogP contribution in [0.25, 0.3) is 0 Å². The molecule has 0 fully saturated rings. The fourth-order valence-corrected chi connectivity index (χ4v) is 2.74. The predicted molar refractivity (Wildman–Crippen MR) is 78.0 cm³/mol. The van der Waals surface area contributed by atoms with E-state index >= 15 is 0 Å². The number of hydrogen-bond donors (Lipinski definition) is 2. The summed E-state index contributed by atoms with van der Waals surface area (Å²) in [5.41, 5.74) is 6.40. The van der Waals surface area contributed by atoms with Crippen LogP contribution in [0.5, 0.6) is 5.75 Å². The molecule has 0 heterocycles. The summed E-state index contributed by atoms with van der Waals surface area (Å²) in [7, 11) is -3.73. The summed E-state index contributed by atoms with van der Waals surface area (Å²) in [6.07, 6.45) is -4.77. The van der Waals surface area contributed by atoms with Gasteiger partial charge in [0.1, 0.15) is 5.75 Å². The van der Waals surface area contributed by atoms with Crippen LogP contribution < -0.4 is 15.2 Å². The van der Waals surface area contributed by atoms with Crippen LogP contribution >= 0.6 is 0 Å². The lowest BCUT2D eigenvalue weighted by Crippen LogP contribution is -2.23. The number of halogens is 3. The van der Waals surface area contributed by atoms with Crippen LogP contribution in [0.1, 0.15) is 5.56 Å². The molecule has 0 atom stereocenters. The van der Waals surface area contributed by atoms with Crippen LogP contribution in [0.15, 0.2) is 53.4 Å². The van der Waals surface area contributed by atoms with E-state index in [1.165, 1.54) is 36.4 Å². The molecule has 2 rings (SSSR count). The van der Waals surface area contributed by atoms with Gasteiger partial charge < -0.3 is 10.5 Å². The number of nitrogens with one attached hydrogen (secondary N) is 1. The van der Waals surface area contributed by atoms with Gasteiger partial charge in [-0.1, -0.05) is 12.1 Å². The van der Waals surface area contributed by atoms with Crippen molar-refractivity contribution in [2.75, 3.05) is 5.73 Å². The standard InChI is InChI=1S/C14H13F3N2O3S/c15-14(16,17)22-12-5-1-10(2-6-12)9-19-23(20,21)13-7-3-11(18)4-8-13/h1-8,19H,9,18H2. The lowest BCUT2D eigenvalue weighted by Gasteiger charge is -2.10. The van der Waals surface area contributed by atoms with Crippen molar-refractivity contribution in [1.29, 1.82) is 0 Å². The second-order valence-electron chi connectivity index (χ2n) is 4.59. The minimum Gasteiger partial charge on any atom is -0.406 e. The van der Waals surface area contributed by atoms with Gasteiger partial charge >= 0.3 is 6.36 Å². The minimum atomic E-state index is -4.77. The molecule has 0 aliphatic carbocycles. The Morgan fingerprint density at radius 1 is 1.00 bits per heavy atom. The van der Waals surface area contributed by atoms with Crippen molar-refractivity contribution in [2.24, 2.45) is 0 Å². The average Bonchev–Trinajstić information content (AvgIpc) is 2.45. The Hall–Kier alpha value is -2.26. The van der Waals surface area contributed by atoms with Crippen molar-refractivity contribution < 1.29 is 26.3 Å². The molecule has 0 unspecified atom stereocenters. The van der Waals surface area contributed by atoms with Crippen LogP contribution in [-0.2, 0) is 16.6 Å². The Labute approximate surface area is 130 Å². The molecule has 0 aliphatic rings. The van der Waals surface area contributed by atoms with Crippen LogP contribution in [0.2, 0.25) is 0 Å². The van der Waals surface area contributed by atoms with E-state index in [-0.39, 0.29) is 17.2 Å². The Balaban J connectivity index is 2.01. The second kappa shape index (κ2) is 6.47. The van der Waals surface area contributed by atoms with Crippen LogP contribution in [0.4, 0.5) is 18.9 Å². The number of rotatable bonds is 5. The normalized spacial score (nSPS) is 12.1. The predicted octanol–water partition coefficient (Wildman–Crippen LogP) is 2.65. The van der Waals surface area contributed by atoms with E-state index in [0.717, 1.165) is 12.1 Å². The maximum absolute atomic E-state index is 12.0. The number of sulfonamides is 1. The van der Waals surface area contributed by atoms with Gasteiger partial charge in [-0.2, -0.15) is 0 Å². The Morgan fingerprint density at radius 2 is 1.57 bits per heavy atom. The zero-order valence-electron chi connectivity index (χ0n) is 11.7. The highest BCUT2D eigenvalue weighted by Gasteiger charge is 2.30. The highest BCUT2D eigenvalue weighted by Crippen LogP contribution is 2.22. The van der Waals surface area contributed by atoms with E-state index in [1.807, 2.05) is 0 Å². The Morgan fingerprint density at radius 3 is 2.09 bits per heavy atom. The molecule has 0 radical (unpaired) electrons. The fourth-order valence-electron chi connectivity index (χ4n) is 1.72. The molecule has 3 N–H and O–H groups in total. The van der Waals surface area contributed by atoms with E-state index in [2.05, 4.69) is 9.46 Å². The maximum Gasteiger partial charge on any atom is 0.573 e. The van der Waals surface area contributed by atoms with Crippen LogP contribution in [-0.4, -0.2) is 14.8 Å². The van der Waals surface area contributed by atoms with Gasteiger partial charge in [-0.25, -0.2) is 13.1 Å². The molecule has 0 aromatic heterocycles. The quantitative estimate of drug-likeness (QED) is 0.816. The van der Waals surface area contributed by atoms with Gasteiger partial charge in [-0.05, 0) is 42.0 Å². The molecular formula is C14H13F3N2O3S. The van der Waals surface area contributed by atoms with E-state index in [0.29, 0.717) is 11.3 Å². The molecule has 0 amide bonds. The molecule has 0 saturated carbocycles. The van der Waals surface area contributed by atoms with Crippen molar-refractivity contribution in [2.45, 2.75) is 17.8 Å². The molecule has 2 aromatic carbocycles. The summed E-state index contributed by atoms with van der Waals surface area (Å²) in [6.45, 7) is -0.0704. The summed E-state index contributed by atoms with van der Waals surface area (Å²) < 4.78 is 66.3. The highest BCUT2D eigenvalue weighted by molar-refractivity contribution is 7.89. The summed E-state index contributed by atoms with van der Waals surface area (Å²) in [4.78, 5) is 0.0451. The molecule has 5 nitrogen and oxygen atoms in total. The molecule has 0 spiro atoms. The summed E-state index contributed by atoms with van der Waals surface area (Å²) in [5, 5.41) is 0. The van der Waals surface area contributed by atoms with Gasteiger partial charge in [0.2, 0.25) is 10.0 Å². The molecule has 2 aromatic rings. The summed E-state index contributed by atoms with van der Waals surface area (Å²) in [5.74, 6) is -0.373. The first-order chi connectivity index (χ1) is 10.7. The SMILES string of the molecule is Nc1ccc(S(=O)(=O)NCc2ccc(OC(F)(F)F)cc2)cc1. The van der Waals surface area contributed by atoms with Crippen LogP contribution in [0, 0.1) is 0 Å². The van der Waals surface area contributed by atoms with Crippen molar-refractivity contribution in [1.82, 2.24) is 4.72 Å². The number of nitrogens with two attached hydrogens (primary N) is 1. The van der Waals surface area contributed by atoms with Crippen molar-refractivity contribution in [3.63, 3.8) is 0 Å². The Kier molecular flexibility index (Phi) is 4.81. The van der Waals surface area contributed by atoms with Gasteiger partial charge in [0.25, 0.3) is 0 Å². The smallest absolute Gasteiger partial charge is 0.406 e. The van der Waals surface area contributed by atoms with Gasteiger partial charge in [0.15, 0.2) is 0 Å². The zero-order valence-corrected chi connectivity index (χ0v) is 12.5. The largest absolute Gasteiger partial charge is 0.573 e. The Bertz CT molecular complexity index is 757. The van der Waals surface area contributed by atoms with Gasteiger partial charge in [0, 0.05) is 12.2 Å². The molecule has 124 valence electrons. The lowest BCUT2D eigenvalue weighted by atomic mass is 10.2. The number of ether oxygens (including phenoxy) is 1. The van der Waals surface area contributed by atoms with Crippen molar-refractivity contribution in [3.8, 4) is 5.75 Å². The van der Waals surface area contributed by atoms with E-state index in [4.69, 9.17) is 5.73 Å². The van der Waals surface area contributed by atoms with Crippen LogP contribution in [0.3, 0.4) is 0 Å². The first kappa shape index (κ1) is 17.1. The van der Waals surface area contributed by atoms with Gasteiger partial charge in [-0.3, -0.25) is 0 Å². The molecule has 9 heteroatoms. The van der Waals surface area contributed by atoms with Crippen molar-refractivity contribution >= 4 is 15.7 Å². The monoisotopic (exact) mass is 346 g/mol. The number of nitrogen functional groups attached to an aromatic ring is 1. The van der Waals surface area contributed by atoms with E-state index in [1.54, 1.807) is 0 Å². The third-order valence-corrected chi connectivity index (χ3v) is 4.23. The van der Waals surface area contributed by atoms with E-state index in [9.17, 15) is 21.6 Å². The first-order valence-electron chi connectivity index (χ1n) is 6.36. The number of benzene rings is 2. The fraction of sp³-hybridized carbons (Fsp3) is 0.143. The second-order valence-corrected chi connectivity index (χ2v) is 6.35. The van der Waals surface area contributed by atoms with Gasteiger partial charge in [0.05, 0.1) is 4.90 Å². The number of anilines is 1. The summed E-state index contributed by atoms with van der Waals surface area (Å²) >= 11 is 0. The lowest BCUT2D eigenvalue weighted by molar-refractivity contribution is -0.274. The van der Waals surface area contributed by atoms with E-state index < -0.39 is 16.4 Å².